The maximum atomic E-state index is 12.5. The van der Waals surface area contributed by atoms with Crippen molar-refractivity contribution in [1.29, 1.82) is 0 Å². The SMILES string of the molecule is CCc1ccc(NC(=O)C2CC2C(=O)Nc2ccccc2OC(C)C)cc1. The van der Waals surface area contributed by atoms with Gasteiger partial charge in [0.05, 0.1) is 23.6 Å². The van der Waals surface area contributed by atoms with Gasteiger partial charge in [0, 0.05) is 5.69 Å². The van der Waals surface area contributed by atoms with Gasteiger partial charge >= 0.3 is 0 Å². The van der Waals surface area contributed by atoms with Crippen LogP contribution < -0.4 is 15.4 Å². The van der Waals surface area contributed by atoms with E-state index >= 15 is 0 Å². The fraction of sp³-hybridized carbons (Fsp3) is 0.364. The number of carbonyl (C=O) groups is 2. The maximum absolute atomic E-state index is 12.5. The molecule has 3 rings (SSSR count). The highest BCUT2D eigenvalue weighted by Crippen LogP contribution is 2.41. The van der Waals surface area contributed by atoms with Gasteiger partial charge in [0.25, 0.3) is 0 Å². The minimum absolute atomic E-state index is 0.0154. The minimum atomic E-state index is -0.299. The molecule has 1 aliphatic carbocycles. The van der Waals surface area contributed by atoms with Crippen LogP contribution in [0.2, 0.25) is 0 Å². The number of rotatable bonds is 7. The first-order chi connectivity index (χ1) is 13.0. The van der Waals surface area contributed by atoms with E-state index in [2.05, 4.69) is 17.6 Å². The van der Waals surface area contributed by atoms with Crippen LogP contribution >= 0.6 is 0 Å². The summed E-state index contributed by atoms with van der Waals surface area (Å²) >= 11 is 0. The van der Waals surface area contributed by atoms with E-state index < -0.39 is 0 Å². The lowest BCUT2D eigenvalue weighted by molar-refractivity contribution is -0.122. The first-order valence-electron chi connectivity index (χ1n) is 9.44. The number of hydrogen-bond donors (Lipinski definition) is 2. The van der Waals surface area contributed by atoms with Gasteiger partial charge in [-0.2, -0.15) is 0 Å². The molecule has 0 heterocycles. The Morgan fingerprint density at radius 3 is 2.26 bits per heavy atom. The van der Waals surface area contributed by atoms with Gasteiger partial charge in [-0.1, -0.05) is 31.2 Å². The summed E-state index contributed by atoms with van der Waals surface area (Å²) in [5, 5.41) is 5.80. The lowest BCUT2D eigenvalue weighted by Crippen LogP contribution is -2.21. The number of ether oxygens (including phenoxy) is 1. The highest BCUT2D eigenvalue weighted by Gasteiger charge is 2.48. The second-order valence-electron chi connectivity index (χ2n) is 7.14. The first-order valence-corrected chi connectivity index (χ1v) is 9.44. The van der Waals surface area contributed by atoms with Crippen molar-refractivity contribution in [3.8, 4) is 5.75 Å². The van der Waals surface area contributed by atoms with Crippen LogP contribution in [-0.2, 0) is 16.0 Å². The number of hydrogen-bond acceptors (Lipinski definition) is 3. The molecule has 27 heavy (non-hydrogen) atoms. The summed E-state index contributed by atoms with van der Waals surface area (Å²) < 4.78 is 5.72. The zero-order chi connectivity index (χ0) is 19.4. The molecule has 1 fully saturated rings. The predicted molar refractivity (Wildman–Crippen MR) is 107 cm³/mol. The van der Waals surface area contributed by atoms with Crippen molar-refractivity contribution >= 4 is 23.2 Å². The topological polar surface area (TPSA) is 67.4 Å². The van der Waals surface area contributed by atoms with Crippen molar-refractivity contribution in [2.45, 2.75) is 39.7 Å². The van der Waals surface area contributed by atoms with Crippen LogP contribution in [0.1, 0.15) is 32.8 Å². The molecule has 0 aliphatic heterocycles. The van der Waals surface area contributed by atoms with Gasteiger partial charge in [0.2, 0.25) is 11.8 Å². The second kappa shape index (κ2) is 8.25. The van der Waals surface area contributed by atoms with Crippen LogP contribution in [0.25, 0.3) is 0 Å². The third-order valence-corrected chi connectivity index (χ3v) is 4.60. The van der Waals surface area contributed by atoms with E-state index in [4.69, 9.17) is 4.74 Å². The van der Waals surface area contributed by atoms with E-state index in [9.17, 15) is 9.59 Å². The first kappa shape index (κ1) is 19.0. The summed E-state index contributed by atoms with van der Waals surface area (Å²) in [4.78, 5) is 24.9. The summed E-state index contributed by atoms with van der Waals surface area (Å²) in [6, 6.07) is 15.1. The summed E-state index contributed by atoms with van der Waals surface area (Å²) in [6.45, 7) is 5.96. The largest absolute Gasteiger partial charge is 0.489 e. The quantitative estimate of drug-likeness (QED) is 0.770. The van der Waals surface area contributed by atoms with Gasteiger partial charge in [-0.05, 0) is 56.5 Å². The van der Waals surface area contributed by atoms with Gasteiger partial charge in [0.15, 0.2) is 0 Å². The van der Waals surface area contributed by atoms with Crippen molar-refractivity contribution in [2.75, 3.05) is 10.6 Å². The molecule has 2 aromatic rings. The average molecular weight is 366 g/mol. The zero-order valence-corrected chi connectivity index (χ0v) is 16.0. The number of aryl methyl sites for hydroxylation is 1. The van der Waals surface area contributed by atoms with E-state index in [1.165, 1.54) is 5.56 Å². The molecule has 2 atom stereocenters. The van der Waals surface area contributed by atoms with Crippen LogP contribution in [-0.4, -0.2) is 17.9 Å². The third-order valence-electron chi connectivity index (χ3n) is 4.60. The molecular weight excluding hydrogens is 340 g/mol. The molecule has 5 nitrogen and oxygen atoms in total. The normalized spacial score (nSPS) is 18.1. The lowest BCUT2D eigenvalue weighted by atomic mass is 10.1. The van der Waals surface area contributed by atoms with Gasteiger partial charge < -0.3 is 15.4 Å². The van der Waals surface area contributed by atoms with E-state index in [1.54, 1.807) is 0 Å². The zero-order valence-electron chi connectivity index (χ0n) is 16.0. The molecule has 1 aliphatic rings. The Labute approximate surface area is 160 Å². The van der Waals surface area contributed by atoms with Crippen molar-refractivity contribution in [3.63, 3.8) is 0 Å². The standard InChI is InChI=1S/C22H26N2O3/c1-4-15-9-11-16(12-10-15)23-21(25)17-13-18(17)22(26)24-19-7-5-6-8-20(19)27-14(2)3/h5-12,14,17-18H,4,13H2,1-3H3,(H,23,25)(H,24,26). The summed E-state index contributed by atoms with van der Waals surface area (Å²) in [5.74, 6) is -0.193. The van der Waals surface area contributed by atoms with Crippen LogP contribution in [0.4, 0.5) is 11.4 Å². The summed E-state index contributed by atoms with van der Waals surface area (Å²) in [5.41, 5.74) is 2.62. The third kappa shape index (κ3) is 4.88. The Morgan fingerprint density at radius 2 is 1.63 bits per heavy atom. The molecule has 5 heteroatoms. The molecule has 0 radical (unpaired) electrons. The minimum Gasteiger partial charge on any atom is -0.489 e. The molecule has 0 spiro atoms. The highest BCUT2D eigenvalue weighted by atomic mass is 16.5. The number of benzene rings is 2. The van der Waals surface area contributed by atoms with Crippen LogP contribution in [0.3, 0.4) is 0 Å². The van der Waals surface area contributed by atoms with Crippen molar-refractivity contribution < 1.29 is 14.3 Å². The van der Waals surface area contributed by atoms with Crippen LogP contribution in [0, 0.1) is 11.8 Å². The molecule has 0 aromatic heterocycles. The Balaban J connectivity index is 1.56. The van der Waals surface area contributed by atoms with E-state index in [0.717, 1.165) is 12.1 Å². The number of carbonyl (C=O) groups excluding carboxylic acids is 2. The van der Waals surface area contributed by atoms with E-state index in [-0.39, 0.29) is 29.8 Å². The number of para-hydroxylation sites is 2. The van der Waals surface area contributed by atoms with Gasteiger partial charge in [0.1, 0.15) is 5.75 Å². The molecule has 142 valence electrons. The molecule has 0 saturated heterocycles. The molecular formula is C22H26N2O3. The summed E-state index contributed by atoms with van der Waals surface area (Å²) in [6.07, 6.45) is 1.54. The Hall–Kier alpha value is -2.82. The molecule has 2 aromatic carbocycles. The van der Waals surface area contributed by atoms with Gasteiger partial charge in [-0.25, -0.2) is 0 Å². The average Bonchev–Trinajstić information content (AvgIpc) is 3.45. The molecule has 2 N–H and O–H groups in total. The summed E-state index contributed by atoms with van der Waals surface area (Å²) in [7, 11) is 0. The van der Waals surface area contributed by atoms with Gasteiger partial charge in [-0.3, -0.25) is 9.59 Å². The van der Waals surface area contributed by atoms with Gasteiger partial charge in [-0.15, -0.1) is 0 Å². The van der Waals surface area contributed by atoms with E-state index in [1.807, 2.05) is 62.4 Å². The van der Waals surface area contributed by atoms with Crippen LogP contribution in [0.15, 0.2) is 48.5 Å². The molecule has 2 amide bonds. The maximum Gasteiger partial charge on any atom is 0.228 e. The molecule has 0 bridgehead atoms. The number of amides is 2. The molecule has 1 saturated carbocycles. The molecule has 2 unspecified atom stereocenters. The Kier molecular flexibility index (Phi) is 5.79. The Bertz CT molecular complexity index is 815. The fourth-order valence-electron chi connectivity index (χ4n) is 2.99. The highest BCUT2D eigenvalue weighted by molar-refractivity contribution is 6.03. The smallest absolute Gasteiger partial charge is 0.228 e. The van der Waals surface area contributed by atoms with Crippen LogP contribution in [0.5, 0.6) is 5.75 Å². The van der Waals surface area contributed by atoms with Crippen molar-refractivity contribution in [1.82, 2.24) is 0 Å². The van der Waals surface area contributed by atoms with Crippen molar-refractivity contribution in [3.05, 3.63) is 54.1 Å². The Morgan fingerprint density at radius 1 is 1.00 bits per heavy atom. The number of anilines is 2. The predicted octanol–water partition coefficient (Wildman–Crippen LogP) is 4.25. The fourth-order valence-corrected chi connectivity index (χ4v) is 2.99. The monoisotopic (exact) mass is 366 g/mol. The lowest BCUT2D eigenvalue weighted by Gasteiger charge is -2.14. The number of nitrogens with one attached hydrogen (secondary N) is 2. The van der Waals surface area contributed by atoms with E-state index in [0.29, 0.717) is 17.9 Å². The van der Waals surface area contributed by atoms with Crippen molar-refractivity contribution in [2.24, 2.45) is 11.8 Å². The second-order valence-corrected chi connectivity index (χ2v) is 7.14.